The van der Waals surface area contributed by atoms with Crippen molar-refractivity contribution in [1.29, 1.82) is 0 Å². The number of pyridine rings is 1. The van der Waals surface area contributed by atoms with Gasteiger partial charge in [-0.2, -0.15) is 18.2 Å². The van der Waals surface area contributed by atoms with E-state index in [9.17, 15) is 18.0 Å². The number of ether oxygens (including phenoxy) is 1. The van der Waals surface area contributed by atoms with Crippen LogP contribution in [0.3, 0.4) is 0 Å². The molecule has 0 saturated heterocycles. The van der Waals surface area contributed by atoms with Gasteiger partial charge in [-0.15, -0.1) is 0 Å². The number of rotatable bonds is 2. The molecule has 8 heteroatoms. The van der Waals surface area contributed by atoms with Gasteiger partial charge in [-0.3, -0.25) is 4.98 Å². The molecule has 0 aromatic carbocycles. The maximum atomic E-state index is 12.3. The lowest BCUT2D eigenvalue weighted by Crippen LogP contribution is -2.07. The van der Waals surface area contributed by atoms with E-state index in [1.54, 1.807) is 6.92 Å². The van der Waals surface area contributed by atoms with Crippen molar-refractivity contribution < 1.29 is 22.7 Å². The van der Waals surface area contributed by atoms with Crippen LogP contribution in [-0.2, 0) is 10.9 Å². The number of nitrogens with zero attached hydrogens (tertiary/aromatic N) is 2. The number of carbonyl (C=O) groups is 1. The third kappa shape index (κ3) is 3.99. The lowest BCUT2D eigenvalue weighted by molar-refractivity contribution is -0.137. The Morgan fingerprint density at radius 2 is 2.28 bits per heavy atom. The molecular formula is C10H8ClF3N2O2. The van der Waals surface area contributed by atoms with Crippen molar-refractivity contribution in [2.24, 2.45) is 4.99 Å². The topological polar surface area (TPSA) is 51.5 Å². The number of halogens is 4. The standard InChI is InChI=1S/C10H8ClF3N2O2/c1-2-18-9(17)16-5-8-7(11)3-6(4-15-8)10(12,13)14/h3-5H,2H2,1H3/b16-5+. The Hall–Kier alpha value is -1.63. The van der Waals surface area contributed by atoms with Crippen molar-refractivity contribution in [2.75, 3.05) is 6.61 Å². The molecule has 1 aromatic rings. The van der Waals surface area contributed by atoms with Gasteiger partial charge < -0.3 is 4.74 Å². The number of aromatic nitrogens is 1. The normalized spacial score (nSPS) is 11.8. The Morgan fingerprint density at radius 1 is 1.61 bits per heavy atom. The third-order valence-corrected chi connectivity index (χ3v) is 2.06. The number of aliphatic imine (C=N–C) groups is 1. The van der Waals surface area contributed by atoms with Crippen LogP contribution in [0.25, 0.3) is 0 Å². The summed E-state index contributed by atoms with van der Waals surface area (Å²) in [4.78, 5) is 17.7. The summed E-state index contributed by atoms with van der Waals surface area (Å²) in [7, 11) is 0. The summed E-state index contributed by atoms with van der Waals surface area (Å²) in [6.07, 6.45) is -3.83. The first kappa shape index (κ1) is 14.4. The van der Waals surface area contributed by atoms with Crippen LogP contribution in [0.2, 0.25) is 5.02 Å². The molecule has 0 fully saturated rings. The summed E-state index contributed by atoms with van der Waals surface area (Å²) >= 11 is 5.59. The Morgan fingerprint density at radius 3 is 2.78 bits per heavy atom. The number of amides is 1. The summed E-state index contributed by atoms with van der Waals surface area (Å²) in [6.45, 7) is 1.74. The van der Waals surface area contributed by atoms with Crippen LogP contribution in [0.5, 0.6) is 0 Å². The van der Waals surface area contributed by atoms with Crippen LogP contribution < -0.4 is 0 Å². The SMILES string of the molecule is CCOC(=O)/N=C/c1ncc(C(F)(F)F)cc1Cl. The molecule has 0 bridgehead atoms. The first-order valence-electron chi connectivity index (χ1n) is 4.78. The molecule has 0 aliphatic rings. The van der Waals surface area contributed by atoms with E-state index in [4.69, 9.17) is 11.6 Å². The van der Waals surface area contributed by atoms with Gasteiger partial charge >= 0.3 is 12.3 Å². The number of carbonyl (C=O) groups excluding carboxylic acids is 1. The van der Waals surface area contributed by atoms with E-state index in [2.05, 4.69) is 14.7 Å². The molecule has 18 heavy (non-hydrogen) atoms. The summed E-state index contributed by atoms with van der Waals surface area (Å²) < 4.78 is 41.4. The first-order chi connectivity index (χ1) is 8.34. The van der Waals surface area contributed by atoms with Crippen molar-refractivity contribution in [3.63, 3.8) is 0 Å². The number of alkyl halides is 3. The molecule has 0 aliphatic heterocycles. The zero-order valence-corrected chi connectivity index (χ0v) is 9.92. The molecule has 1 aromatic heterocycles. The smallest absolute Gasteiger partial charge is 0.433 e. The van der Waals surface area contributed by atoms with Gasteiger partial charge in [-0.25, -0.2) is 4.79 Å². The second kappa shape index (κ2) is 5.81. The number of hydrogen-bond donors (Lipinski definition) is 0. The van der Waals surface area contributed by atoms with Crippen molar-refractivity contribution >= 4 is 23.9 Å². The summed E-state index contributed by atoms with van der Waals surface area (Å²) in [5.41, 5.74) is -1.02. The Balaban J connectivity index is 2.90. The molecule has 0 spiro atoms. The Labute approximate surface area is 105 Å². The monoisotopic (exact) mass is 280 g/mol. The quantitative estimate of drug-likeness (QED) is 0.781. The van der Waals surface area contributed by atoms with E-state index in [0.717, 1.165) is 6.21 Å². The van der Waals surface area contributed by atoms with Crippen LogP contribution in [0.15, 0.2) is 17.3 Å². The largest absolute Gasteiger partial charge is 0.448 e. The highest BCUT2D eigenvalue weighted by atomic mass is 35.5. The predicted octanol–water partition coefficient (Wildman–Crippen LogP) is 3.33. The van der Waals surface area contributed by atoms with Crippen LogP contribution >= 0.6 is 11.6 Å². The van der Waals surface area contributed by atoms with Gasteiger partial charge in [0.15, 0.2) is 0 Å². The molecule has 1 amide bonds. The molecular weight excluding hydrogens is 273 g/mol. The van der Waals surface area contributed by atoms with Crippen molar-refractivity contribution in [3.05, 3.63) is 28.5 Å². The van der Waals surface area contributed by atoms with E-state index in [1.807, 2.05) is 0 Å². The summed E-state index contributed by atoms with van der Waals surface area (Å²) in [5.74, 6) is 0. The van der Waals surface area contributed by atoms with E-state index in [1.165, 1.54) is 0 Å². The van der Waals surface area contributed by atoms with E-state index in [-0.39, 0.29) is 17.3 Å². The minimum absolute atomic E-state index is 0.0438. The zero-order valence-electron chi connectivity index (χ0n) is 9.16. The second-order valence-electron chi connectivity index (χ2n) is 3.05. The molecule has 0 unspecified atom stereocenters. The number of hydrogen-bond acceptors (Lipinski definition) is 3. The molecule has 1 rings (SSSR count). The van der Waals surface area contributed by atoms with Crippen molar-refractivity contribution in [1.82, 2.24) is 4.98 Å². The van der Waals surface area contributed by atoms with Crippen LogP contribution in [-0.4, -0.2) is 23.9 Å². The fourth-order valence-electron chi connectivity index (χ4n) is 0.973. The highest BCUT2D eigenvalue weighted by molar-refractivity contribution is 6.32. The molecule has 0 atom stereocenters. The Kier molecular flexibility index (Phi) is 4.66. The van der Waals surface area contributed by atoms with E-state index < -0.39 is 17.8 Å². The van der Waals surface area contributed by atoms with Crippen LogP contribution in [0, 0.1) is 0 Å². The highest BCUT2D eigenvalue weighted by Crippen LogP contribution is 2.30. The second-order valence-corrected chi connectivity index (χ2v) is 3.45. The maximum Gasteiger partial charge on any atom is 0.433 e. The van der Waals surface area contributed by atoms with Crippen LogP contribution in [0.4, 0.5) is 18.0 Å². The molecule has 0 saturated carbocycles. The first-order valence-corrected chi connectivity index (χ1v) is 5.16. The molecule has 0 aliphatic carbocycles. The van der Waals surface area contributed by atoms with Gasteiger partial charge in [0.05, 0.1) is 23.4 Å². The van der Waals surface area contributed by atoms with Gasteiger partial charge in [0.2, 0.25) is 0 Å². The fourth-order valence-corrected chi connectivity index (χ4v) is 1.19. The average molecular weight is 281 g/mol. The summed E-state index contributed by atoms with van der Waals surface area (Å²) in [5, 5.41) is -0.252. The lowest BCUT2D eigenvalue weighted by atomic mass is 10.2. The van der Waals surface area contributed by atoms with Gasteiger partial charge in [-0.05, 0) is 13.0 Å². The molecule has 4 nitrogen and oxygen atoms in total. The van der Waals surface area contributed by atoms with E-state index in [0.29, 0.717) is 12.3 Å². The van der Waals surface area contributed by atoms with Gasteiger partial charge in [0, 0.05) is 6.20 Å². The molecule has 1 heterocycles. The minimum Gasteiger partial charge on any atom is -0.448 e. The van der Waals surface area contributed by atoms with Gasteiger partial charge in [0.1, 0.15) is 5.69 Å². The van der Waals surface area contributed by atoms with Gasteiger partial charge in [-0.1, -0.05) is 11.6 Å². The van der Waals surface area contributed by atoms with Crippen molar-refractivity contribution in [3.8, 4) is 0 Å². The third-order valence-electron chi connectivity index (χ3n) is 1.76. The minimum atomic E-state index is -4.52. The average Bonchev–Trinajstić information content (AvgIpc) is 2.26. The Bertz CT molecular complexity index is 475. The van der Waals surface area contributed by atoms with Crippen LogP contribution in [0.1, 0.15) is 18.2 Å². The predicted molar refractivity (Wildman–Crippen MR) is 58.9 cm³/mol. The maximum absolute atomic E-state index is 12.3. The molecule has 0 radical (unpaired) electrons. The highest BCUT2D eigenvalue weighted by Gasteiger charge is 2.31. The molecule has 98 valence electrons. The van der Waals surface area contributed by atoms with E-state index >= 15 is 0 Å². The summed E-state index contributed by atoms with van der Waals surface area (Å²) in [6, 6.07) is 0.709. The fraction of sp³-hybridized carbons (Fsp3) is 0.300. The molecule has 0 N–H and O–H groups in total. The zero-order chi connectivity index (χ0) is 13.8. The van der Waals surface area contributed by atoms with Crippen molar-refractivity contribution in [2.45, 2.75) is 13.1 Å². The van der Waals surface area contributed by atoms with Gasteiger partial charge in [0.25, 0.3) is 0 Å². The lowest BCUT2D eigenvalue weighted by Gasteiger charge is -2.06.